The normalized spacial score (nSPS) is 18.9. The number of phosphoric ester groups is 1. The van der Waals surface area contributed by atoms with Crippen molar-refractivity contribution in [1.29, 1.82) is 0 Å². The van der Waals surface area contributed by atoms with Crippen molar-refractivity contribution >= 4 is 13.7 Å². The van der Waals surface area contributed by atoms with E-state index in [1.807, 2.05) is 27.2 Å². The molecule has 0 aromatic rings. The Morgan fingerprint density at radius 3 is 2.00 bits per heavy atom. The first-order chi connectivity index (χ1) is 25.5. The van der Waals surface area contributed by atoms with Gasteiger partial charge in [0.25, 0.3) is 0 Å². The lowest BCUT2D eigenvalue weighted by atomic mass is 10.1. The molecule has 5 atom stereocenters. The Hall–Kier alpha value is -1.84. The predicted octanol–water partition coefficient (Wildman–Crippen LogP) is 10.1. The maximum absolute atomic E-state index is 12.9. The van der Waals surface area contributed by atoms with Gasteiger partial charge < -0.3 is 24.5 Å². The van der Waals surface area contributed by atoms with Crippen LogP contribution in [-0.2, 0) is 23.1 Å². The van der Waals surface area contributed by atoms with Gasteiger partial charge in [-0.2, -0.15) is 0 Å². The summed E-state index contributed by atoms with van der Waals surface area (Å²) < 4.78 is 29.3. The molecule has 1 fully saturated rings. The second-order valence-corrected chi connectivity index (χ2v) is 16.8. The van der Waals surface area contributed by atoms with Crippen LogP contribution >= 0.6 is 7.82 Å². The molecule has 0 aliphatic carbocycles. The minimum atomic E-state index is -4.36. The molecule has 0 bridgehead atoms. The van der Waals surface area contributed by atoms with Crippen molar-refractivity contribution in [3.05, 3.63) is 60.8 Å². The second-order valence-electron chi connectivity index (χ2n) is 15.4. The van der Waals surface area contributed by atoms with Crippen molar-refractivity contribution in [3.8, 4) is 0 Å². The summed E-state index contributed by atoms with van der Waals surface area (Å²) in [6, 6.07) is -0.890. The molecule has 0 spiro atoms. The Kier molecular flexibility index (Phi) is 29.1. The number of aliphatic hydroxyl groups is 1. The van der Waals surface area contributed by atoms with E-state index in [0.29, 0.717) is 17.4 Å². The number of ether oxygens (including phenoxy) is 1. The fourth-order valence-electron chi connectivity index (χ4n) is 5.66. The van der Waals surface area contributed by atoms with Crippen LogP contribution in [0.3, 0.4) is 0 Å². The number of hydrogen-bond donors (Lipinski definition) is 3. The number of phosphoric acid groups is 1. The van der Waals surface area contributed by atoms with Crippen LogP contribution in [0.25, 0.3) is 0 Å². The van der Waals surface area contributed by atoms with Gasteiger partial charge in [0.15, 0.2) is 0 Å². The van der Waals surface area contributed by atoms with Crippen molar-refractivity contribution < 1.29 is 37.6 Å². The SMILES string of the molecule is CCC/C=C\CCCCCCCC/C=C/[C@@H](O)[C@H](COP(=O)(O)OCC[N+](C)(C)C)NC(=O)CCCC1OC1C/C=C\C/C=C\C/C=C\CCCCC. The topological polar surface area (TPSA) is 118 Å². The minimum Gasteiger partial charge on any atom is -0.387 e. The van der Waals surface area contributed by atoms with E-state index >= 15 is 0 Å². The Balaban J connectivity index is 2.43. The number of aliphatic hydroxyl groups excluding tert-OH is 1. The second kappa shape index (κ2) is 31.4. The van der Waals surface area contributed by atoms with Crippen LogP contribution in [0.4, 0.5) is 0 Å². The van der Waals surface area contributed by atoms with Crippen LogP contribution < -0.4 is 5.32 Å². The van der Waals surface area contributed by atoms with Crippen LogP contribution in [0.15, 0.2) is 60.8 Å². The Bertz CT molecular complexity index is 1110. The molecule has 306 valence electrons. The number of carbonyl (C=O) groups excluding carboxylic acids is 1. The number of quaternary nitrogens is 1. The third-order valence-corrected chi connectivity index (χ3v) is 10.1. The van der Waals surface area contributed by atoms with E-state index in [-0.39, 0.29) is 37.7 Å². The number of unbranched alkanes of at least 4 members (excludes halogenated alkanes) is 11. The van der Waals surface area contributed by atoms with Crippen molar-refractivity contribution in [1.82, 2.24) is 5.32 Å². The first-order valence-electron chi connectivity index (χ1n) is 20.8. The van der Waals surface area contributed by atoms with Crippen LogP contribution in [0.2, 0.25) is 0 Å². The van der Waals surface area contributed by atoms with Gasteiger partial charge in [-0.25, -0.2) is 4.57 Å². The van der Waals surface area contributed by atoms with E-state index in [0.717, 1.165) is 44.9 Å². The monoisotopic (exact) mass is 766 g/mol. The van der Waals surface area contributed by atoms with Crippen molar-refractivity contribution in [3.63, 3.8) is 0 Å². The number of nitrogens with one attached hydrogen (secondary N) is 1. The summed E-state index contributed by atoms with van der Waals surface area (Å²) in [5, 5.41) is 13.8. The predicted molar refractivity (Wildman–Crippen MR) is 221 cm³/mol. The third kappa shape index (κ3) is 31.1. The molecule has 0 aromatic heterocycles. The number of hydrogen-bond acceptors (Lipinski definition) is 6. The highest BCUT2D eigenvalue weighted by Gasteiger charge is 2.36. The molecule has 1 aliphatic heterocycles. The van der Waals surface area contributed by atoms with Gasteiger partial charge in [0, 0.05) is 6.42 Å². The highest BCUT2D eigenvalue weighted by atomic mass is 31.2. The number of carbonyl (C=O) groups is 1. The Morgan fingerprint density at radius 2 is 1.34 bits per heavy atom. The molecule has 3 unspecified atom stereocenters. The third-order valence-electron chi connectivity index (χ3n) is 9.11. The first kappa shape index (κ1) is 49.2. The molecular formula is C43H78N2O7P+. The van der Waals surface area contributed by atoms with E-state index in [2.05, 4.69) is 67.8 Å². The molecule has 0 aromatic carbocycles. The molecule has 3 N–H and O–H groups in total. The van der Waals surface area contributed by atoms with E-state index in [1.54, 1.807) is 6.08 Å². The summed E-state index contributed by atoms with van der Waals surface area (Å²) in [6.07, 6.45) is 41.6. The number of epoxide rings is 1. The zero-order chi connectivity index (χ0) is 39.0. The molecule has 9 nitrogen and oxygen atoms in total. The summed E-state index contributed by atoms with van der Waals surface area (Å²) in [5.74, 6) is -0.245. The van der Waals surface area contributed by atoms with Gasteiger partial charge >= 0.3 is 7.82 Å². The van der Waals surface area contributed by atoms with Gasteiger partial charge in [-0.05, 0) is 77.0 Å². The molecule has 53 heavy (non-hydrogen) atoms. The zero-order valence-corrected chi connectivity index (χ0v) is 35.1. The van der Waals surface area contributed by atoms with Crippen molar-refractivity contribution in [2.45, 2.75) is 167 Å². The van der Waals surface area contributed by atoms with Crippen molar-refractivity contribution in [2.24, 2.45) is 0 Å². The van der Waals surface area contributed by atoms with Crippen LogP contribution in [0, 0.1) is 0 Å². The van der Waals surface area contributed by atoms with Crippen LogP contribution in [0.5, 0.6) is 0 Å². The molecule has 0 radical (unpaired) electrons. The van der Waals surface area contributed by atoms with Gasteiger partial charge in [0.1, 0.15) is 13.2 Å². The Labute approximate surface area is 324 Å². The lowest BCUT2D eigenvalue weighted by Crippen LogP contribution is -2.45. The molecule has 10 heteroatoms. The summed E-state index contributed by atoms with van der Waals surface area (Å²) in [6.45, 7) is 4.63. The van der Waals surface area contributed by atoms with Crippen LogP contribution in [-0.4, -0.2) is 85.6 Å². The maximum atomic E-state index is 12.9. The lowest BCUT2D eigenvalue weighted by Gasteiger charge is -2.25. The van der Waals surface area contributed by atoms with Crippen LogP contribution in [0.1, 0.15) is 142 Å². The minimum absolute atomic E-state index is 0.0426. The first-order valence-corrected chi connectivity index (χ1v) is 22.3. The summed E-state index contributed by atoms with van der Waals surface area (Å²) in [7, 11) is 1.51. The summed E-state index contributed by atoms with van der Waals surface area (Å²) >= 11 is 0. The van der Waals surface area contributed by atoms with E-state index in [9.17, 15) is 19.4 Å². The lowest BCUT2D eigenvalue weighted by molar-refractivity contribution is -0.870. The van der Waals surface area contributed by atoms with E-state index < -0.39 is 20.0 Å². The van der Waals surface area contributed by atoms with E-state index in [4.69, 9.17) is 13.8 Å². The largest absolute Gasteiger partial charge is 0.472 e. The molecule has 1 aliphatic rings. The fourth-order valence-corrected chi connectivity index (χ4v) is 6.39. The number of rotatable bonds is 35. The average Bonchev–Trinajstić information content (AvgIpc) is 3.86. The molecule has 0 saturated carbocycles. The highest BCUT2D eigenvalue weighted by molar-refractivity contribution is 7.47. The Morgan fingerprint density at radius 1 is 0.755 bits per heavy atom. The summed E-state index contributed by atoms with van der Waals surface area (Å²) in [5.41, 5.74) is 0. The van der Waals surface area contributed by atoms with E-state index in [1.165, 1.54) is 70.6 Å². The fraction of sp³-hybridized carbons (Fsp3) is 0.744. The maximum Gasteiger partial charge on any atom is 0.472 e. The quantitative estimate of drug-likeness (QED) is 0.0193. The molecular weight excluding hydrogens is 687 g/mol. The standard InChI is InChI=1S/C43H77N2O7P/c1-6-8-10-12-14-16-18-20-21-23-25-27-29-32-40(46)39(38-51-53(48,49)50-37-36-45(3,4)5)44-43(47)35-31-34-42-41(52-42)33-30-28-26-24-22-19-17-15-13-11-9-7-2/h10,12,15,17,22,24,28-30,32,39-42,46H,6-9,11,13-14,16,18-21,23,25-27,31,33-38H2,1-5H3,(H-,44,47,48,49)/p+1/b12-10-,17-15-,24-22-,30-28-,32-29+/t39-,40+,41?,42?/m0/s1. The van der Waals surface area contributed by atoms with Gasteiger partial charge in [0.2, 0.25) is 5.91 Å². The summed E-state index contributed by atoms with van der Waals surface area (Å²) in [4.78, 5) is 23.1. The number of likely N-dealkylation sites (N-methyl/N-ethyl adjacent to an activating group) is 1. The van der Waals surface area contributed by atoms with Crippen molar-refractivity contribution in [2.75, 3.05) is 40.9 Å². The van der Waals surface area contributed by atoms with Gasteiger partial charge in [0.05, 0.1) is 52.1 Å². The number of nitrogens with zero attached hydrogens (tertiary/aromatic N) is 1. The molecule has 1 saturated heterocycles. The van der Waals surface area contributed by atoms with Gasteiger partial charge in [-0.15, -0.1) is 0 Å². The number of amides is 1. The van der Waals surface area contributed by atoms with Gasteiger partial charge in [-0.1, -0.05) is 120 Å². The molecule has 1 heterocycles. The zero-order valence-electron chi connectivity index (χ0n) is 34.2. The molecule has 1 rings (SSSR count). The van der Waals surface area contributed by atoms with Gasteiger partial charge in [-0.3, -0.25) is 13.8 Å². The number of allylic oxidation sites excluding steroid dienone is 8. The molecule has 1 amide bonds. The highest BCUT2D eigenvalue weighted by Crippen LogP contribution is 2.43. The average molecular weight is 766 g/mol. The smallest absolute Gasteiger partial charge is 0.387 e.